The zero-order valence-corrected chi connectivity index (χ0v) is 13.4. The molecule has 0 aliphatic carbocycles. The first-order valence-electron chi connectivity index (χ1n) is 8.37. The highest BCUT2D eigenvalue weighted by Crippen LogP contribution is 2.28. The first-order chi connectivity index (χ1) is 10.8. The largest absolute Gasteiger partial charge is 0.453 e. The van der Waals surface area contributed by atoms with Crippen LogP contribution in [0.2, 0.25) is 0 Å². The number of benzene rings is 1. The molecule has 0 radical (unpaired) electrons. The maximum atomic E-state index is 11.9. The van der Waals surface area contributed by atoms with Crippen molar-refractivity contribution >= 4 is 6.09 Å². The van der Waals surface area contributed by atoms with Crippen molar-refractivity contribution in [2.75, 3.05) is 33.3 Å². The Kier molecular flexibility index (Phi) is 4.98. The molecule has 120 valence electrons. The van der Waals surface area contributed by atoms with E-state index >= 15 is 0 Å². The summed E-state index contributed by atoms with van der Waals surface area (Å²) in [5.41, 5.74) is 1.41. The molecule has 1 amide bonds. The molecule has 0 saturated carbocycles. The maximum absolute atomic E-state index is 11.9. The fourth-order valence-electron chi connectivity index (χ4n) is 3.85. The summed E-state index contributed by atoms with van der Waals surface area (Å²) < 4.78 is 4.94. The Balaban J connectivity index is 1.52. The van der Waals surface area contributed by atoms with Crippen molar-refractivity contribution in [3.8, 4) is 0 Å². The van der Waals surface area contributed by atoms with Crippen molar-refractivity contribution in [1.29, 1.82) is 0 Å². The van der Waals surface area contributed by atoms with Crippen LogP contribution in [-0.4, -0.2) is 55.2 Å². The first-order valence-corrected chi connectivity index (χ1v) is 8.37. The topological polar surface area (TPSA) is 32.8 Å². The van der Waals surface area contributed by atoms with Crippen LogP contribution in [0, 0.1) is 5.92 Å². The number of piperidine rings is 1. The lowest BCUT2D eigenvalue weighted by Gasteiger charge is -2.34. The number of carbonyl (C=O) groups excluding carboxylic acids is 1. The second-order valence-corrected chi connectivity index (χ2v) is 6.57. The number of fused-ring (bicyclic) bond motifs is 4. The lowest BCUT2D eigenvalue weighted by Crippen LogP contribution is -2.47. The molecular weight excluding hydrogens is 276 g/mol. The van der Waals surface area contributed by atoms with Crippen molar-refractivity contribution in [2.24, 2.45) is 5.92 Å². The third-order valence-corrected chi connectivity index (χ3v) is 4.98. The van der Waals surface area contributed by atoms with Gasteiger partial charge in [0, 0.05) is 25.7 Å². The van der Waals surface area contributed by atoms with E-state index in [1.54, 1.807) is 0 Å². The molecule has 0 unspecified atom stereocenters. The van der Waals surface area contributed by atoms with E-state index in [0.29, 0.717) is 12.0 Å². The summed E-state index contributed by atoms with van der Waals surface area (Å²) in [7, 11) is 1.48. The number of amides is 1. The molecule has 1 aromatic carbocycles. The molecule has 4 heteroatoms. The van der Waals surface area contributed by atoms with Gasteiger partial charge in [-0.2, -0.15) is 0 Å². The van der Waals surface area contributed by atoms with Crippen LogP contribution in [-0.2, 0) is 11.2 Å². The Labute approximate surface area is 133 Å². The molecule has 0 N–H and O–H groups in total. The molecule has 4 nitrogen and oxygen atoms in total. The highest BCUT2D eigenvalue weighted by Gasteiger charge is 2.37. The van der Waals surface area contributed by atoms with Crippen molar-refractivity contribution in [1.82, 2.24) is 9.80 Å². The van der Waals surface area contributed by atoms with Crippen LogP contribution < -0.4 is 0 Å². The average molecular weight is 302 g/mol. The van der Waals surface area contributed by atoms with Gasteiger partial charge in [0.1, 0.15) is 0 Å². The summed E-state index contributed by atoms with van der Waals surface area (Å²) >= 11 is 0. The second-order valence-electron chi connectivity index (χ2n) is 6.57. The Morgan fingerprint density at radius 3 is 2.77 bits per heavy atom. The number of aryl methyl sites for hydroxylation is 1. The van der Waals surface area contributed by atoms with Gasteiger partial charge in [0.15, 0.2) is 0 Å². The summed E-state index contributed by atoms with van der Waals surface area (Å²) in [6.45, 7) is 4.11. The van der Waals surface area contributed by atoms with E-state index in [2.05, 4.69) is 35.2 Å². The van der Waals surface area contributed by atoms with E-state index in [1.165, 1.54) is 25.5 Å². The van der Waals surface area contributed by atoms with Crippen LogP contribution in [0.1, 0.15) is 24.8 Å². The predicted molar refractivity (Wildman–Crippen MR) is 86.8 cm³/mol. The molecule has 3 heterocycles. The van der Waals surface area contributed by atoms with Crippen LogP contribution in [0.3, 0.4) is 0 Å². The lowest BCUT2D eigenvalue weighted by atomic mass is 9.95. The summed E-state index contributed by atoms with van der Waals surface area (Å²) in [6, 6.07) is 11.0. The standard InChI is InChI=1S/C18H26N2O2/c1-22-18(21)20-13-16-9-10-17(20)14-19(12-16)11-5-8-15-6-3-2-4-7-15/h2-4,6-7,16-17H,5,8-14H2,1H3/t16-,17+/m1/s1. The number of hydrogen-bond donors (Lipinski definition) is 0. The van der Waals surface area contributed by atoms with E-state index in [4.69, 9.17) is 4.74 Å². The van der Waals surface area contributed by atoms with Gasteiger partial charge in [-0.3, -0.25) is 0 Å². The molecule has 1 aromatic rings. The summed E-state index contributed by atoms with van der Waals surface area (Å²) in [4.78, 5) is 16.4. The van der Waals surface area contributed by atoms with Crippen LogP contribution in [0.15, 0.2) is 30.3 Å². The average Bonchev–Trinajstić information content (AvgIpc) is 2.86. The Morgan fingerprint density at radius 2 is 2.00 bits per heavy atom. The fourth-order valence-corrected chi connectivity index (χ4v) is 3.85. The van der Waals surface area contributed by atoms with Crippen LogP contribution in [0.5, 0.6) is 0 Å². The Hall–Kier alpha value is -1.55. The molecule has 0 aromatic heterocycles. The first kappa shape index (κ1) is 15.3. The van der Waals surface area contributed by atoms with Crippen LogP contribution >= 0.6 is 0 Å². The van der Waals surface area contributed by atoms with Crippen LogP contribution in [0.25, 0.3) is 0 Å². The number of nitrogens with zero attached hydrogens (tertiary/aromatic N) is 2. The number of carbonyl (C=O) groups is 1. The molecule has 2 atom stereocenters. The summed E-state index contributed by atoms with van der Waals surface area (Å²) in [5.74, 6) is 0.606. The van der Waals surface area contributed by atoms with E-state index in [1.807, 2.05) is 4.90 Å². The predicted octanol–water partition coefficient (Wildman–Crippen LogP) is 2.78. The molecule has 3 saturated heterocycles. The van der Waals surface area contributed by atoms with Crippen LogP contribution in [0.4, 0.5) is 4.79 Å². The fraction of sp³-hybridized carbons (Fsp3) is 0.611. The molecule has 22 heavy (non-hydrogen) atoms. The minimum absolute atomic E-state index is 0.152. The SMILES string of the molecule is COC(=O)N1C[C@@H]2CC[C@H]1CN(CCCc1ccccc1)C2. The van der Waals surface area contributed by atoms with Gasteiger partial charge in [0.25, 0.3) is 0 Å². The van der Waals surface area contributed by atoms with Crippen molar-refractivity contribution < 1.29 is 9.53 Å². The van der Waals surface area contributed by atoms with Crippen molar-refractivity contribution in [2.45, 2.75) is 31.7 Å². The monoisotopic (exact) mass is 302 g/mol. The molecule has 2 bridgehead atoms. The van der Waals surface area contributed by atoms with E-state index in [0.717, 1.165) is 39.0 Å². The van der Waals surface area contributed by atoms with Crippen molar-refractivity contribution in [3.05, 3.63) is 35.9 Å². The van der Waals surface area contributed by atoms with Gasteiger partial charge < -0.3 is 14.5 Å². The minimum atomic E-state index is -0.152. The van der Waals surface area contributed by atoms with Gasteiger partial charge in [-0.05, 0) is 43.7 Å². The molecule has 3 fully saturated rings. The zero-order valence-electron chi connectivity index (χ0n) is 13.4. The quantitative estimate of drug-likeness (QED) is 0.857. The smallest absolute Gasteiger partial charge is 0.409 e. The number of rotatable bonds is 4. The Bertz CT molecular complexity index is 491. The highest BCUT2D eigenvalue weighted by molar-refractivity contribution is 5.68. The van der Waals surface area contributed by atoms with E-state index in [-0.39, 0.29) is 6.09 Å². The van der Waals surface area contributed by atoms with Gasteiger partial charge in [-0.25, -0.2) is 4.79 Å². The summed E-state index contributed by atoms with van der Waals surface area (Å²) in [6.07, 6.45) is 4.53. The third kappa shape index (κ3) is 3.61. The Morgan fingerprint density at radius 1 is 1.18 bits per heavy atom. The normalized spacial score (nSPS) is 25.0. The summed E-state index contributed by atoms with van der Waals surface area (Å²) in [5, 5.41) is 0. The highest BCUT2D eigenvalue weighted by atomic mass is 16.5. The van der Waals surface area contributed by atoms with Crippen molar-refractivity contribution in [3.63, 3.8) is 0 Å². The lowest BCUT2D eigenvalue weighted by molar-refractivity contribution is 0.0834. The molecule has 3 aliphatic heterocycles. The zero-order chi connectivity index (χ0) is 15.4. The minimum Gasteiger partial charge on any atom is -0.453 e. The van der Waals surface area contributed by atoms with Gasteiger partial charge in [-0.15, -0.1) is 0 Å². The van der Waals surface area contributed by atoms with Gasteiger partial charge in [0.2, 0.25) is 0 Å². The maximum Gasteiger partial charge on any atom is 0.409 e. The van der Waals surface area contributed by atoms with Gasteiger partial charge in [-0.1, -0.05) is 30.3 Å². The molecular formula is C18H26N2O2. The van der Waals surface area contributed by atoms with Gasteiger partial charge >= 0.3 is 6.09 Å². The second kappa shape index (κ2) is 7.14. The third-order valence-electron chi connectivity index (χ3n) is 4.98. The molecule has 4 rings (SSSR count). The molecule has 0 spiro atoms. The number of methoxy groups -OCH3 is 1. The molecule has 3 aliphatic rings. The number of hydrogen-bond acceptors (Lipinski definition) is 3. The van der Waals surface area contributed by atoms with E-state index < -0.39 is 0 Å². The number of ether oxygens (including phenoxy) is 1. The van der Waals surface area contributed by atoms with Gasteiger partial charge in [0.05, 0.1) is 7.11 Å². The van der Waals surface area contributed by atoms with E-state index in [9.17, 15) is 4.79 Å².